The first-order chi connectivity index (χ1) is 15.4. The number of anilines is 1. The van der Waals surface area contributed by atoms with Crippen LogP contribution in [0.15, 0.2) is 41.6 Å². The summed E-state index contributed by atoms with van der Waals surface area (Å²) in [6.45, 7) is 1.52. The van der Waals surface area contributed by atoms with Gasteiger partial charge < -0.3 is 20.0 Å². The van der Waals surface area contributed by atoms with Gasteiger partial charge in [-0.3, -0.25) is 9.69 Å². The molecule has 166 valence electrons. The Morgan fingerprint density at radius 2 is 2.03 bits per heavy atom. The van der Waals surface area contributed by atoms with Crippen LogP contribution in [-0.4, -0.2) is 54.2 Å². The van der Waals surface area contributed by atoms with Crippen molar-refractivity contribution in [2.45, 2.75) is 38.0 Å². The third kappa shape index (κ3) is 3.48. The molecular formula is C23H22FN3O5. The number of amides is 2. The molecule has 3 heterocycles. The van der Waals surface area contributed by atoms with Gasteiger partial charge in [-0.05, 0) is 47.4 Å². The van der Waals surface area contributed by atoms with Crippen LogP contribution >= 0.6 is 0 Å². The quantitative estimate of drug-likeness (QED) is 0.745. The summed E-state index contributed by atoms with van der Waals surface area (Å²) in [6, 6.07) is 10.4. The van der Waals surface area contributed by atoms with Gasteiger partial charge in [0.2, 0.25) is 5.91 Å². The fourth-order valence-corrected chi connectivity index (χ4v) is 4.49. The largest absolute Gasteiger partial charge is 0.442 e. The Kier molecular flexibility index (Phi) is 5.05. The van der Waals surface area contributed by atoms with Gasteiger partial charge in [-0.1, -0.05) is 17.3 Å². The first-order valence-electron chi connectivity index (χ1n) is 10.5. The molecule has 0 radical (unpaired) electrons. The number of carbonyl (C=O) groups is 2. The van der Waals surface area contributed by atoms with E-state index < -0.39 is 24.1 Å². The van der Waals surface area contributed by atoms with E-state index in [1.807, 2.05) is 24.3 Å². The van der Waals surface area contributed by atoms with Crippen molar-refractivity contribution in [3.8, 4) is 11.1 Å². The number of cyclic esters (lactones) is 1. The van der Waals surface area contributed by atoms with Crippen LogP contribution in [0.2, 0.25) is 0 Å². The van der Waals surface area contributed by atoms with Crippen LogP contribution in [0.25, 0.3) is 11.1 Å². The van der Waals surface area contributed by atoms with Crippen LogP contribution in [0.3, 0.4) is 0 Å². The SMILES string of the molecule is CC(=O)NC[C@@H]1OC(=O)N2c3ccc(-c4ccc(C5=NOC(CO)C5)c(F)c4)cc3C[C@@H]12. The van der Waals surface area contributed by atoms with Gasteiger partial charge in [0.15, 0.2) is 6.10 Å². The van der Waals surface area contributed by atoms with Gasteiger partial charge in [0.05, 0.1) is 30.6 Å². The lowest BCUT2D eigenvalue weighted by atomic mass is 9.97. The summed E-state index contributed by atoms with van der Waals surface area (Å²) in [5.74, 6) is -0.590. The number of aliphatic hydroxyl groups is 1. The number of benzene rings is 2. The Labute approximate surface area is 183 Å². The van der Waals surface area contributed by atoms with Crippen LogP contribution in [0.4, 0.5) is 14.9 Å². The Bertz CT molecular complexity index is 1130. The number of rotatable bonds is 5. The average Bonchev–Trinajstić information content (AvgIpc) is 3.47. The monoisotopic (exact) mass is 439 g/mol. The number of nitrogens with zero attached hydrogens (tertiary/aromatic N) is 2. The first-order valence-corrected chi connectivity index (χ1v) is 10.5. The second-order valence-corrected chi connectivity index (χ2v) is 8.19. The van der Waals surface area contributed by atoms with Gasteiger partial charge in [0, 0.05) is 18.9 Å². The number of fused-ring (bicyclic) bond motifs is 3. The van der Waals surface area contributed by atoms with Crippen molar-refractivity contribution in [2.75, 3.05) is 18.1 Å². The average molecular weight is 439 g/mol. The third-order valence-corrected chi connectivity index (χ3v) is 6.08. The predicted octanol–water partition coefficient (Wildman–Crippen LogP) is 2.36. The molecule has 2 amide bonds. The molecule has 3 aliphatic rings. The minimum Gasteiger partial charge on any atom is -0.442 e. The molecule has 32 heavy (non-hydrogen) atoms. The van der Waals surface area contributed by atoms with Crippen molar-refractivity contribution >= 4 is 23.4 Å². The summed E-state index contributed by atoms with van der Waals surface area (Å²) in [4.78, 5) is 30.3. The molecule has 2 aromatic rings. The molecule has 3 aliphatic heterocycles. The maximum atomic E-state index is 14.8. The molecule has 0 saturated carbocycles. The molecular weight excluding hydrogens is 417 g/mol. The minimum absolute atomic E-state index is 0.168. The summed E-state index contributed by atoms with van der Waals surface area (Å²) in [7, 11) is 0. The molecule has 8 nitrogen and oxygen atoms in total. The van der Waals surface area contributed by atoms with Crippen LogP contribution in [0.5, 0.6) is 0 Å². The molecule has 1 saturated heterocycles. The van der Waals surface area contributed by atoms with E-state index >= 15 is 0 Å². The number of ether oxygens (including phenoxy) is 1. The summed E-state index contributed by atoms with van der Waals surface area (Å²) in [5.41, 5.74) is 4.12. The number of aliphatic hydroxyl groups excluding tert-OH is 1. The Hall–Kier alpha value is -3.46. The summed E-state index contributed by atoms with van der Waals surface area (Å²) in [5, 5.41) is 15.8. The summed E-state index contributed by atoms with van der Waals surface area (Å²) in [6.07, 6.45) is -0.324. The number of hydrogen-bond donors (Lipinski definition) is 2. The Morgan fingerprint density at radius 1 is 1.25 bits per heavy atom. The van der Waals surface area contributed by atoms with E-state index in [-0.39, 0.29) is 25.1 Å². The topological polar surface area (TPSA) is 100 Å². The van der Waals surface area contributed by atoms with E-state index in [9.17, 15) is 19.1 Å². The predicted molar refractivity (Wildman–Crippen MR) is 114 cm³/mol. The van der Waals surface area contributed by atoms with Crippen molar-refractivity contribution in [2.24, 2.45) is 5.16 Å². The maximum Gasteiger partial charge on any atom is 0.415 e. The maximum absolute atomic E-state index is 14.8. The van der Waals surface area contributed by atoms with Gasteiger partial charge in [-0.15, -0.1) is 0 Å². The minimum atomic E-state index is -0.434. The highest BCUT2D eigenvalue weighted by Crippen LogP contribution is 2.40. The van der Waals surface area contributed by atoms with Gasteiger partial charge in [0.1, 0.15) is 11.9 Å². The molecule has 5 rings (SSSR count). The van der Waals surface area contributed by atoms with E-state index in [0.717, 1.165) is 16.8 Å². The second-order valence-electron chi connectivity index (χ2n) is 8.19. The standard InChI is InChI=1S/C23H22FN3O5/c1-12(29)25-10-22-21-8-15-6-13(3-5-20(15)27(21)23(30)31-22)14-2-4-17(18(24)7-14)19-9-16(11-28)32-26-19/h2-7,16,21-22,28H,8-11H2,1H3,(H,25,29)/t16?,21-,22-/m0/s1. The van der Waals surface area contributed by atoms with Gasteiger partial charge in [0.25, 0.3) is 0 Å². The Balaban J connectivity index is 1.38. The lowest BCUT2D eigenvalue weighted by molar-refractivity contribution is -0.119. The zero-order chi connectivity index (χ0) is 22.4. The highest BCUT2D eigenvalue weighted by atomic mass is 19.1. The van der Waals surface area contributed by atoms with Crippen LogP contribution < -0.4 is 10.2 Å². The lowest BCUT2D eigenvalue weighted by Gasteiger charge is -2.16. The van der Waals surface area contributed by atoms with E-state index in [4.69, 9.17) is 9.57 Å². The summed E-state index contributed by atoms with van der Waals surface area (Å²) < 4.78 is 20.3. The fourth-order valence-electron chi connectivity index (χ4n) is 4.49. The van der Waals surface area contributed by atoms with Crippen LogP contribution in [0, 0.1) is 5.82 Å². The summed E-state index contributed by atoms with van der Waals surface area (Å²) >= 11 is 0. The molecule has 3 atom stereocenters. The smallest absolute Gasteiger partial charge is 0.415 e. The number of oxime groups is 1. The van der Waals surface area contributed by atoms with E-state index in [2.05, 4.69) is 10.5 Å². The molecule has 0 aromatic heterocycles. The fraction of sp³-hybridized carbons (Fsp3) is 0.348. The number of nitrogens with one attached hydrogen (secondary N) is 1. The first kappa shape index (κ1) is 20.4. The van der Waals surface area contributed by atoms with Gasteiger partial charge >= 0.3 is 6.09 Å². The van der Waals surface area contributed by atoms with Gasteiger partial charge in [-0.2, -0.15) is 0 Å². The zero-order valence-corrected chi connectivity index (χ0v) is 17.4. The third-order valence-electron chi connectivity index (χ3n) is 6.08. The lowest BCUT2D eigenvalue weighted by Crippen LogP contribution is -2.40. The molecule has 2 N–H and O–H groups in total. The normalized spacial score (nSPS) is 23.3. The highest BCUT2D eigenvalue weighted by molar-refractivity contribution is 6.02. The van der Waals surface area contributed by atoms with Crippen molar-refractivity contribution in [3.05, 3.63) is 53.3 Å². The molecule has 0 spiro atoms. The molecule has 0 bridgehead atoms. The second kappa shape index (κ2) is 7.90. The van der Waals surface area contributed by atoms with E-state index in [1.54, 1.807) is 11.0 Å². The number of carbonyl (C=O) groups excluding carboxylic acids is 2. The molecule has 1 fully saturated rings. The number of hydrogen-bond acceptors (Lipinski definition) is 6. The molecule has 2 aromatic carbocycles. The van der Waals surface area contributed by atoms with Crippen molar-refractivity contribution in [1.29, 1.82) is 0 Å². The van der Waals surface area contributed by atoms with Crippen molar-refractivity contribution in [3.63, 3.8) is 0 Å². The molecule has 9 heteroatoms. The van der Waals surface area contributed by atoms with Crippen molar-refractivity contribution < 1.29 is 28.7 Å². The Morgan fingerprint density at radius 3 is 2.75 bits per heavy atom. The van der Waals surface area contributed by atoms with E-state index in [1.165, 1.54) is 13.0 Å². The van der Waals surface area contributed by atoms with E-state index in [0.29, 0.717) is 29.7 Å². The highest BCUT2D eigenvalue weighted by Gasteiger charge is 2.47. The zero-order valence-electron chi connectivity index (χ0n) is 17.4. The number of halogens is 1. The molecule has 1 unspecified atom stereocenters. The van der Waals surface area contributed by atoms with Crippen molar-refractivity contribution in [1.82, 2.24) is 5.32 Å². The van der Waals surface area contributed by atoms with Crippen LogP contribution in [0.1, 0.15) is 24.5 Å². The van der Waals surface area contributed by atoms with Crippen LogP contribution in [-0.2, 0) is 20.8 Å². The molecule has 0 aliphatic carbocycles. The van der Waals surface area contributed by atoms with Gasteiger partial charge in [-0.25, -0.2) is 9.18 Å².